The summed E-state index contributed by atoms with van der Waals surface area (Å²) >= 11 is 1.69. The lowest BCUT2D eigenvalue weighted by molar-refractivity contribution is -0.120. The van der Waals surface area contributed by atoms with Gasteiger partial charge in [0.05, 0.1) is 12.3 Å². The molecule has 1 aromatic rings. The Labute approximate surface area is 148 Å². The first-order valence-corrected chi connectivity index (χ1v) is 9.65. The molecule has 24 heavy (non-hydrogen) atoms. The van der Waals surface area contributed by atoms with E-state index in [1.807, 2.05) is 24.3 Å². The number of rotatable bonds is 8. The molecule has 5 nitrogen and oxygen atoms in total. The average Bonchev–Trinajstić information content (AvgIpc) is 2.57. The molecule has 1 saturated heterocycles. The molecule has 2 amide bonds. The van der Waals surface area contributed by atoms with E-state index < -0.39 is 0 Å². The largest absolute Gasteiger partial charge is 0.360 e. The summed E-state index contributed by atoms with van der Waals surface area (Å²) in [5, 5.41) is 5.78. The van der Waals surface area contributed by atoms with Gasteiger partial charge in [0.1, 0.15) is 0 Å². The van der Waals surface area contributed by atoms with Gasteiger partial charge in [0, 0.05) is 25.3 Å². The van der Waals surface area contributed by atoms with Gasteiger partial charge in [0.25, 0.3) is 0 Å². The molecule has 0 aromatic heterocycles. The molecule has 132 valence electrons. The Balaban J connectivity index is 1.71. The summed E-state index contributed by atoms with van der Waals surface area (Å²) < 4.78 is 0. The van der Waals surface area contributed by atoms with Gasteiger partial charge in [0.2, 0.25) is 11.8 Å². The number of benzene rings is 1. The molecule has 1 heterocycles. The second kappa shape index (κ2) is 9.57. The molecule has 1 aromatic carbocycles. The van der Waals surface area contributed by atoms with Gasteiger partial charge < -0.3 is 15.5 Å². The van der Waals surface area contributed by atoms with Gasteiger partial charge in [-0.3, -0.25) is 9.59 Å². The van der Waals surface area contributed by atoms with E-state index >= 15 is 0 Å². The normalized spacial score (nSPS) is 14.6. The number of carbonyl (C=O) groups is 2. The van der Waals surface area contributed by atoms with Crippen LogP contribution < -0.4 is 15.5 Å². The zero-order valence-corrected chi connectivity index (χ0v) is 15.3. The van der Waals surface area contributed by atoms with Crippen LogP contribution in [0.5, 0.6) is 0 Å². The zero-order valence-electron chi connectivity index (χ0n) is 14.5. The highest BCUT2D eigenvalue weighted by molar-refractivity contribution is 7.99. The zero-order chi connectivity index (χ0) is 17.4. The van der Waals surface area contributed by atoms with E-state index in [9.17, 15) is 9.59 Å². The second-order valence-electron chi connectivity index (χ2n) is 6.45. The summed E-state index contributed by atoms with van der Waals surface area (Å²) in [6.07, 6.45) is 1.15. The number of anilines is 1. The van der Waals surface area contributed by atoms with E-state index in [0.717, 1.165) is 30.0 Å². The maximum Gasteiger partial charge on any atom is 0.239 e. The van der Waals surface area contributed by atoms with E-state index in [1.165, 1.54) is 0 Å². The van der Waals surface area contributed by atoms with Gasteiger partial charge in [-0.05, 0) is 35.8 Å². The Hall–Kier alpha value is -1.69. The minimum Gasteiger partial charge on any atom is -0.360 e. The van der Waals surface area contributed by atoms with Gasteiger partial charge >= 0.3 is 0 Å². The third kappa shape index (κ3) is 6.43. The summed E-state index contributed by atoms with van der Waals surface area (Å²) in [4.78, 5) is 25.3. The van der Waals surface area contributed by atoms with Crippen LogP contribution in [0.2, 0.25) is 0 Å². The smallest absolute Gasteiger partial charge is 0.239 e. The number of thioether (sulfide) groups is 1. The van der Waals surface area contributed by atoms with Crippen molar-refractivity contribution in [3.63, 3.8) is 0 Å². The highest BCUT2D eigenvalue weighted by Gasteiger charge is 2.16. The van der Waals surface area contributed by atoms with Crippen molar-refractivity contribution in [1.82, 2.24) is 10.6 Å². The summed E-state index contributed by atoms with van der Waals surface area (Å²) in [5.41, 5.74) is 2.12. The Morgan fingerprint density at radius 1 is 1.33 bits per heavy atom. The van der Waals surface area contributed by atoms with E-state index in [-0.39, 0.29) is 11.8 Å². The maximum absolute atomic E-state index is 11.8. The lowest BCUT2D eigenvalue weighted by atomic mass is 10.2. The molecule has 0 atom stereocenters. The Bertz CT molecular complexity index is 546. The van der Waals surface area contributed by atoms with Crippen molar-refractivity contribution in [2.45, 2.75) is 26.8 Å². The van der Waals surface area contributed by atoms with Crippen molar-refractivity contribution in [1.29, 1.82) is 0 Å². The number of carbonyl (C=O) groups excluding carboxylic acids is 2. The van der Waals surface area contributed by atoms with Crippen LogP contribution in [0.15, 0.2) is 24.3 Å². The van der Waals surface area contributed by atoms with Gasteiger partial charge in [-0.15, -0.1) is 0 Å². The molecule has 0 saturated carbocycles. The minimum atomic E-state index is 0.0626. The van der Waals surface area contributed by atoms with Crippen LogP contribution in [-0.4, -0.2) is 43.0 Å². The van der Waals surface area contributed by atoms with Crippen molar-refractivity contribution in [2.75, 3.05) is 36.0 Å². The molecule has 1 aliphatic rings. The lowest BCUT2D eigenvalue weighted by Crippen LogP contribution is -2.47. The van der Waals surface area contributed by atoms with E-state index in [4.69, 9.17) is 0 Å². The fourth-order valence-corrected chi connectivity index (χ4v) is 3.49. The Morgan fingerprint density at radius 2 is 2.08 bits per heavy atom. The molecule has 2 N–H and O–H groups in total. The molecular formula is C18H27N3O2S. The SMILES string of the molecule is CC(C)CCSCC(=O)NCc1ccc(N2CCNC(=O)C2)cc1. The number of hydrogen-bond acceptors (Lipinski definition) is 4. The molecule has 0 bridgehead atoms. The maximum atomic E-state index is 11.8. The predicted molar refractivity (Wildman–Crippen MR) is 100 cm³/mol. The molecule has 0 radical (unpaired) electrons. The molecular weight excluding hydrogens is 322 g/mol. The summed E-state index contributed by atoms with van der Waals surface area (Å²) in [6, 6.07) is 8.04. The topological polar surface area (TPSA) is 61.4 Å². The van der Waals surface area contributed by atoms with Crippen LogP contribution in [0.3, 0.4) is 0 Å². The van der Waals surface area contributed by atoms with Crippen molar-refractivity contribution >= 4 is 29.3 Å². The van der Waals surface area contributed by atoms with E-state index in [1.54, 1.807) is 11.8 Å². The quantitative estimate of drug-likeness (QED) is 0.705. The highest BCUT2D eigenvalue weighted by atomic mass is 32.2. The van der Waals surface area contributed by atoms with Gasteiger partial charge in [-0.1, -0.05) is 26.0 Å². The predicted octanol–water partition coefficient (Wildman–Crippen LogP) is 2.02. The monoisotopic (exact) mass is 349 g/mol. The van der Waals surface area contributed by atoms with Gasteiger partial charge in [-0.2, -0.15) is 11.8 Å². The molecule has 1 aliphatic heterocycles. The van der Waals surface area contributed by atoms with Gasteiger partial charge in [0.15, 0.2) is 0 Å². The van der Waals surface area contributed by atoms with Crippen molar-refractivity contribution in [2.24, 2.45) is 5.92 Å². The summed E-state index contributed by atoms with van der Waals surface area (Å²) in [7, 11) is 0. The molecule has 2 rings (SSSR count). The number of amides is 2. The Morgan fingerprint density at radius 3 is 2.75 bits per heavy atom. The van der Waals surface area contributed by atoms with Crippen LogP contribution in [0, 0.1) is 5.92 Å². The highest BCUT2D eigenvalue weighted by Crippen LogP contribution is 2.16. The third-order valence-corrected chi connectivity index (χ3v) is 4.89. The molecule has 0 spiro atoms. The first-order valence-electron chi connectivity index (χ1n) is 8.49. The van der Waals surface area contributed by atoms with E-state index in [0.29, 0.717) is 31.3 Å². The molecule has 1 fully saturated rings. The van der Waals surface area contributed by atoms with Crippen LogP contribution in [0.25, 0.3) is 0 Å². The first-order chi connectivity index (χ1) is 11.5. The molecule has 0 unspecified atom stereocenters. The van der Waals surface area contributed by atoms with E-state index in [2.05, 4.69) is 29.4 Å². The molecule has 0 aliphatic carbocycles. The number of nitrogens with one attached hydrogen (secondary N) is 2. The summed E-state index contributed by atoms with van der Waals surface area (Å²) in [5.74, 6) is 2.38. The number of piperazine rings is 1. The van der Waals surface area contributed by atoms with Crippen LogP contribution in [0.1, 0.15) is 25.8 Å². The first kappa shape index (κ1) is 18.6. The molecule has 6 heteroatoms. The van der Waals surface area contributed by atoms with Crippen LogP contribution in [-0.2, 0) is 16.1 Å². The second-order valence-corrected chi connectivity index (χ2v) is 7.55. The average molecular weight is 350 g/mol. The fraction of sp³-hybridized carbons (Fsp3) is 0.556. The minimum absolute atomic E-state index is 0.0626. The van der Waals surface area contributed by atoms with Crippen LogP contribution >= 0.6 is 11.8 Å². The Kier molecular flexibility index (Phi) is 7.43. The van der Waals surface area contributed by atoms with Gasteiger partial charge in [-0.25, -0.2) is 0 Å². The lowest BCUT2D eigenvalue weighted by Gasteiger charge is -2.28. The van der Waals surface area contributed by atoms with Crippen molar-refractivity contribution in [3.05, 3.63) is 29.8 Å². The third-order valence-electron chi connectivity index (χ3n) is 3.90. The number of hydrogen-bond donors (Lipinski definition) is 2. The fourth-order valence-electron chi connectivity index (χ4n) is 2.42. The standard InChI is InChI=1S/C18H27N3O2S/c1-14(2)7-10-24-13-18(23)20-11-15-3-5-16(6-4-15)21-9-8-19-17(22)12-21/h3-6,14H,7-13H2,1-2H3,(H,19,22)(H,20,23). The summed E-state index contributed by atoms with van der Waals surface area (Å²) in [6.45, 7) is 6.86. The van der Waals surface area contributed by atoms with Crippen molar-refractivity contribution in [3.8, 4) is 0 Å². The van der Waals surface area contributed by atoms with Crippen LogP contribution in [0.4, 0.5) is 5.69 Å². The van der Waals surface area contributed by atoms with Crippen molar-refractivity contribution < 1.29 is 9.59 Å². The number of nitrogens with zero attached hydrogens (tertiary/aromatic N) is 1.